The van der Waals surface area contributed by atoms with E-state index in [4.69, 9.17) is 5.10 Å². The predicted molar refractivity (Wildman–Crippen MR) is 81.2 cm³/mol. The van der Waals surface area contributed by atoms with Crippen LogP contribution in [0, 0.1) is 5.92 Å². The van der Waals surface area contributed by atoms with E-state index in [9.17, 15) is 0 Å². The van der Waals surface area contributed by atoms with Crippen molar-refractivity contribution in [1.29, 1.82) is 0 Å². The topological polar surface area (TPSA) is 29.9 Å². The zero-order valence-corrected chi connectivity index (χ0v) is 12.5. The highest BCUT2D eigenvalue weighted by Gasteiger charge is 2.22. The molecule has 104 valence electrons. The minimum Gasteiger partial charge on any atom is -0.308 e. The maximum Gasteiger partial charge on any atom is 0.0875 e. The zero-order chi connectivity index (χ0) is 13.8. The second kappa shape index (κ2) is 6.20. The lowest BCUT2D eigenvalue weighted by molar-refractivity contribution is 0.369. The SMILES string of the molecule is CCCNC(c1nn(C)c2ccccc12)C(C)CC. The van der Waals surface area contributed by atoms with Gasteiger partial charge in [-0.2, -0.15) is 5.10 Å². The number of fused-ring (bicyclic) bond motifs is 1. The summed E-state index contributed by atoms with van der Waals surface area (Å²) in [6.07, 6.45) is 2.31. The second-order valence-corrected chi connectivity index (χ2v) is 5.34. The quantitative estimate of drug-likeness (QED) is 0.858. The molecular formula is C16H25N3. The molecule has 3 nitrogen and oxygen atoms in total. The highest BCUT2D eigenvalue weighted by molar-refractivity contribution is 5.82. The molecule has 0 aliphatic heterocycles. The Morgan fingerprint density at radius 3 is 2.68 bits per heavy atom. The van der Waals surface area contributed by atoms with Gasteiger partial charge in [0.2, 0.25) is 0 Å². The minimum absolute atomic E-state index is 0.344. The number of rotatable bonds is 6. The Hall–Kier alpha value is -1.35. The van der Waals surface area contributed by atoms with Gasteiger partial charge in [0.05, 0.1) is 17.3 Å². The van der Waals surface area contributed by atoms with Crippen molar-refractivity contribution < 1.29 is 0 Å². The van der Waals surface area contributed by atoms with Gasteiger partial charge in [-0.15, -0.1) is 0 Å². The van der Waals surface area contributed by atoms with E-state index in [1.54, 1.807) is 0 Å². The number of aryl methyl sites for hydroxylation is 1. The number of para-hydroxylation sites is 1. The van der Waals surface area contributed by atoms with Crippen LogP contribution in [0.5, 0.6) is 0 Å². The van der Waals surface area contributed by atoms with Gasteiger partial charge in [0, 0.05) is 12.4 Å². The third-order valence-corrected chi connectivity index (χ3v) is 3.91. The van der Waals surface area contributed by atoms with Crippen LogP contribution in [0.3, 0.4) is 0 Å². The molecule has 0 aliphatic carbocycles. The number of nitrogens with one attached hydrogen (secondary N) is 1. The van der Waals surface area contributed by atoms with Gasteiger partial charge in [-0.25, -0.2) is 0 Å². The molecule has 0 spiro atoms. The first-order valence-corrected chi connectivity index (χ1v) is 7.34. The molecule has 19 heavy (non-hydrogen) atoms. The average molecular weight is 259 g/mol. The lowest BCUT2D eigenvalue weighted by Gasteiger charge is -2.23. The van der Waals surface area contributed by atoms with Gasteiger partial charge in [-0.3, -0.25) is 4.68 Å². The first kappa shape index (κ1) is 14.1. The van der Waals surface area contributed by atoms with Crippen molar-refractivity contribution in [2.75, 3.05) is 6.54 Å². The van der Waals surface area contributed by atoms with E-state index in [1.165, 1.54) is 16.6 Å². The van der Waals surface area contributed by atoms with E-state index in [1.807, 2.05) is 11.7 Å². The first-order chi connectivity index (χ1) is 9.19. The molecule has 0 amide bonds. The number of hydrogen-bond donors (Lipinski definition) is 1. The molecule has 0 aliphatic rings. The summed E-state index contributed by atoms with van der Waals surface area (Å²) in [7, 11) is 2.03. The lowest BCUT2D eigenvalue weighted by atomic mass is 9.94. The van der Waals surface area contributed by atoms with Gasteiger partial charge in [-0.1, -0.05) is 45.4 Å². The molecule has 2 rings (SSSR count). The van der Waals surface area contributed by atoms with E-state index in [-0.39, 0.29) is 0 Å². The molecule has 0 radical (unpaired) electrons. The fraction of sp³-hybridized carbons (Fsp3) is 0.562. The largest absolute Gasteiger partial charge is 0.308 e. The van der Waals surface area contributed by atoms with Crippen LogP contribution in [0.4, 0.5) is 0 Å². The highest BCUT2D eigenvalue weighted by Crippen LogP contribution is 2.29. The molecular weight excluding hydrogens is 234 g/mol. The Morgan fingerprint density at radius 2 is 2.00 bits per heavy atom. The fourth-order valence-corrected chi connectivity index (χ4v) is 2.57. The number of aromatic nitrogens is 2. The van der Waals surface area contributed by atoms with Crippen molar-refractivity contribution in [3.05, 3.63) is 30.0 Å². The summed E-state index contributed by atoms with van der Waals surface area (Å²) in [6, 6.07) is 8.84. The fourth-order valence-electron chi connectivity index (χ4n) is 2.57. The Labute approximate surface area is 116 Å². The number of hydrogen-bond acceptors (Lipinski definition) is 2. The van der Waals surface area contributed by atoms with Crippen LogP contribution in [-0.2, 0) is 7.05 Å². The van der Waals surface area contributed by atoms with E-state index in [0.717, 1.165) is 19.4 Å². The number of nitrogens with zero attached hydrogens (tertiary/aromatic N) is 2. The Bertz CT molecular complexity index is 530. The third kappa shape index (κ3) is 2.81. The molecule has 1 heterocycles. The summed E-state index contributed by atoms with van der Waals surface area (Å²) in [5.74, 6) is 0.588. The van der Waals surface area contributed by atoms with Crippen LogP contribution in [0.1, 0.15) is 45.3 Å². The minimum atomic E-state index is 0.344. The molecule has 2 aromatic rings. The first-order valence-electron chi connectivity index (χ1n) is 7.34. The van der Waals surface area contributed by atoms with E-state index >= 15 is 0 Å². The highest BCUT2D eigenvalue weighted by atomic mass is 15.3. The Kier molecular flexibility index (Phi) is 4.59. The Balaban J connectivity index is 2.43. The molecule has 1 N–H and O–H groups in total. The molecule has 2 unspecified atom stereocenters. The van der Waals surface area contributed by atoms with E-state index < -0.39 is 0 Å². The molecule has 0 fully saturated rings. The molecule has 1 aromatic heterocycles. The lowest BCUT2D eigenvalue weighted by Crippen LogP contribution is -2.28. The third-order valence-electron chi connectivity index (χ3n) is 3.91. The van der Waals surface area contributed by atoms with Crippen LogP contribution >= 0.6 is 0 Å². The van der Waals surface area contributed by atoms with Gasteiger partial charge < -0.3 is 5.32 Å². The van der Waals surface area contributed by atoms with Crippen LogP contribution in [0.25, 0.3) is 10.9 Å². The monoisotopic (exact) mass is 259 g/mol. The summed E-state index contributed by atoms with van der Waals surface area (Å²) >= 11 is 0. The van der Waals surface area contributed by atoms with Gasteiger partial charge in [0.25, 0.3) is 0 Å². The smallest absolute Gasteiger partial charge is 0.0875 e. The summed E-state index contributed by atoms with van der Waals surface area (Å²) < 4.78 is 1.99. The molecule has 1 aromatic carbocycles. The number of benzene rings is 1. The van der Waals surface area contributed by atoms with E-state index in [0.29, 0.717) is 12.0 Å². The van der Waals surface area contributed by atoms with Crippen molar-refractivity contribution in [3.8, 4) is 0 Å². The second-order valence-electron chi connectivity index (χ2n) is 5.34. The van der Waals surface area contributed by atoms with Gasteiger partial charge in [0.1, 0.15) is 0 Å². The van der Waals surface area contributed by atoms with Crippen LogP contribution in [-0.4, -0.2) is 16.3 Å². The Morgan fingerprint density at radius 1 is 1.26 bits per heavy atom. The maximum atomic E-state index is 4.77. The summed E-state index contributed by atoms with van der Waals surface area (Å²) in [4.78, 5) is 0. The molecule has 0 saturated heterocycles. The molecule has 2 atom stereocenters. The van der Waals surface area contributed by atoms with Crippen molar-refractivity contribution in [3.63, 3.8) is 0 Å². The van der Waals surface area contributed by atoms with Crippen LogP contribution < -0.4 is 5.32 Å². The van der Waals surface area contributed by atoms with Gasteiger partial charge in [-0.05, 0) is 24.9 Å². The van der Waals surface area contributed by atoms with Crippen LogP contribution in [0.2, 0.25) is 0 Å². The standard InChI is InChI=1S/C16H25N3/c1-5-11-17-15(12(3)6-2)16-13-9-7-8-10-14(13)19(4)18-16/h7-10,12,15,17H,5-6,11H2,1-4H3. The van der Waals surface area contributed by atoms with Crippen molar-refractivity contribution in [2.24, 2.45) is 13.0 Å². The van der Waals surface area contributed by atoms with Crippen molar-refractivity contribution in [2.45, 2.75) is 39.7 Å². The van der Waals surface area contributed by atoms with Crippen molar-refractivity contribution >= 4 is 10.9 Å². The normalized spacial score (nSPS) is 14.7. The average Bonchev–Trinajstić information content (AvgIpc) is 2.77. The summed E-state index contributed by atoms with van der Waals surface area (Å²) in [5.41, 5.74) is 2.41. The maximum absolute atomic E-state index is 4.77. The van der Waals surface area contributed by atoms with Gasteiger partial charge in [0.15, 0.2) is 0 Å². The van der Waals surface area contributed by atoms with Crippen molar-refractivity contribution in [1.82, 2.24) is 15.1 Å². The molecule has 0 saturated carbocycles. The predicted octanol–water partition coefficient (Wildman–Crippen LogP) is 3.66. The van der Waals surface area contributed by atoms with E-state index in [2.05, 4.69) is 50.4 Å². The summed E-state index contributed by atoms with van der Waals surface area (Å²) in [6.45, 7) is 7.80. The molecule has 0 bridgehead atoms. The molecule has 3 heteroatoms. The zero-order valence-electron chi connectivity index (χ0n) is 12.5. The van der Waals surface area contributed by atoms with Crippen LogP contribution in [0.15, 0.2) is 24.3 Å². The summed E-state index contributed by atoms with van der Waals surface area (Å²) in [5, 5.41) is 9.71. The van der Waals surface area contributed by atoms with Gasteiger partial charge >= 0.3 is 0 Å².